The number of nitrogens with one attached hydrogen (secondary N) is 1. The minimum Gasteiger partial charge on any atom is -0.497 e. The van der Waals surface area contributed by atoms with E-state index in [2.05, 4.69) is 64.3 Å². The van der Waals surface area contributed by atoms with Crippen LogP contribution in [0.15, 0.2) is 48.6 Å². The van der Waals surface area contributed by atoms with Crippen LogP contribution in [0.4, 0.5) is 5.69 Å². The maximum absolute atomic E-state index is 5.64. The first-order chi connectivity index (χ1) is 11.7. The average Bonchev–Trinajstić information content (AvgIpc) is 3.10. The number of rotatable bonds is 3. The Morgan fingerprint density at radius 2 is 1.92 bits per heavy atom. The SMILES string of the molecule is COc1ccc(OC)c([C@@H]2Nc3ccc(I)cc3[C@H]3C=CC[C@@H]32)c1. The van der Waals surface area contributed by atoms with Crippen molar-refractivity contribution in [1.82, 2.24) is 0 Å². The lowest BCUT2D eigenvalue weighted by atomic mass is 9.77. The summed E-state index contributed by atoms with van der Waals surface area (Å²) in [6, 6.07) is 12.9. The number of halogens is 1. The van der Waals surface area contributed by atoms with Gasteiger partial charge in [-0.15, -0.1) is 0 Å². The van der Waals surface area contributed by atoms with Gasteiger partial charge in [0.05, 0.1) is 20.3 Å². The number of hydrogen-bond acceptors (Lipinski definition) is 3. The Labute approximate surface area is 156 Å². The van der Waals surface area contributed by atoms with E-state index in [0.29, 0.717) is 11.8 Å². The summed E-state index contributed by atoms with van der Waals surface area (Å²) in [6.07, 6.45) is 5.75. The third kappa shape index (κ3) is 2.57. The molecule has 24 heavy (non-hydrogen) atoms. The number of fused-ring (bicyclic) bond motifs is 3. The molecule has 0 fully saturated rings. The Bertz CT molecular complexity index is 802. The fourth-order valence-corrected chi connectivity index (χ4v) is 4.47. The van der Waals surface area contributed by atoms with Gasteiger partial charge in [0.2, 0.25) is 0 Å². The van der Waals surface area contributed by atoms with Crippen LogP contribution in [0.5, 0.6) is 11.5 Å². The third-order valence-corrected chi connectivity index (χ3v) is 5.77. The van der Waals surface area contributed by atoms with Crippen LogP contribution in [0.3, 0.4) is 0 Å². The second-order valence-corrected chi connectivity index (χ2v) is 7.56. The van der Waals surface area contributed by atoms with E-state index in [1.165, 1.54) is 20.4 Å². The van der Waals surface area contributed by atoms with E-state index in [1.54, 1.807) is 14.2 Å². The minimum absolute atomic E-state index is 0.211. The highest BCUT2D eigenvalue weighted by molar-refractivity contribution is 14.1. The van der Waals surface area contributed by atoms with Crippen LogP contribution in [0.25, 0.3) is 0 Å². The molecule has 2 aromatic carbocycles. The van der Waals surface area contributed by atoms with Crippen LogP contribution < -0.4 is 14.8 Å². The summed E-state index contributed by atoms with van der Waals surface area (Å²) >= 11 is 2.39. The molecule has 4 heteroatoms. The van der Waals surface area contributed by atoms with Gasteiger partial charge in [-0.25, -0.2) is 0 Å². The van der Waals surface area contributed by atoms with Crippen molar-refractivity contribution in [1.29, 1.82) is 0 Å². The van der Waals surface area contributed by atoms with Crippen molar-refractivity contribution in [3.63, 3.8) is 0 Å². The molecule has 3 atom stereocenters. The second-order valence-electron chi connectivity index (χ2n) is 6.31. The van der Waals surface area contributed by atoms with Gasteiger partial charge >= 0.3 is 0 Å². The van der Waals surface area contributed by atoms with Crippen molar-refractivity contribution in [3.05, 3.63) is 63.2 Å². The van der Waals surface area contributed by atoms with Gasteiger partial charge in [-0.2, -0.15) is 0 Å². The van der Waals surface area contributed by atoms with Crippen molar-refractivity contribution in [2.24, 2.45) is 5.92 Å². The van der Waals surface area contributed by atoms with E-state index < -0.39 is 0 Å². The Morgan fingerprint density at radius 1 is 1.04 bits per heavy atom. The molecular formula is C20H20INO2. The zero-order chi connectivity index (χ0) is 16.7. The van der Waals surface area contributed by atoms with Crippen molar-refractivity contribution < 1.29 is 9.47 Å². The van der Waals surface area contributed by atoms with E-state index in [1.807, 2.05) is 12.1 Å². The van der Waals surface area contributed by atoms with Gasteiger partial charge in [0, 0.05) is 20.7 Å². The largest absolute Gasteiger partial charge is 0.497 e. The summed E-state index contributed by atoms with van der Waals surface area (Å²) in [4.78, 5) is 0. The molecule has 4 rings (SSSR count). The van der Waals surface area contributed by atoms with Crippen LogP contribution in [-0.4, -0.2) is 14.2 Å². The molecule has 0 saturated heterocycles. The van der Waals surface area contributed by atoms with E-state index in [9.17, 15) is 0 Å². The summed E-state index contributed by atoms with van der Waals surface area (Å²) in [6.45, 7) is 0. The second kappa shape index (κ2) is 6.31. The Kier molecular flexibility index (Phi) is 4.16. The van der Waals surface area contributed by atoms with E-state index >= 15 is 0 Å². The summed E-state index contributed by atoms with van der Waals surface area (Å²) in [5.74, 6) is 2.73. The minimum atomic E-state index is 0.211. The summed E-state index contributed by atoms with van der Waals surface area (Å²) < 4.78 is 12.4. The molecule has 0 unspecified atom stereocenters. The number of benzene rings is 2. The maximum Gasteiger partial charge on any atom is 0.124 e. The van der Waals surface area contributed by atoms with E-state index in [0.717, 1.165) is 17.9 Å². The maximum atomic E-state index is 5.64. The molecule has 0 amide bonds. The predicted octanol–water partition coefficient (Wildman–Crippen LogP) is 5.13. The van der Waals surface area contributed by atoms with Gasteiger partial charge < -0.3 is 14.8 Å². The fourth-order valence-electron chi connectivity index (χ4n) is 3.96. The first-order valence-corrected chi connectivity index (χ1v) is 9.23. The highest BCUT2D eigenvalue weighted by Gasteiger charge is 2.39. The molecular weight excluding hydrogens is 413 g/mol. The van der Waals surface area contributed by atoms with Crippen molar-refractivity contribution in [2.45, 2.75) is 18.4 Å². The fraction of sp³-hybridized carbons (Fsp3) is 0.300. The number of anilines is 1. The number of methoxy groups -OCH3 is 2. The zero-order valence-electron chi connectivity index (χ0n) is 13.8. The average molecular weight is 433 g/mol. The number of allylic oxidation sites excluding steroid dienone is 2. The lowest BCUT2D eigenvalue weighted by molar-refractivity contribution is 0.374. The summed E-state index contributed by atoms with van der Waals surface area (Å²) in [7, 11) is 3.44. The first kappa shape index (κ1) is 15.8. The topological polar surface area (TPSA) is 30.5 Å². The molecule has 0 spiro atoms. The molecule has 1 aliphatic carbocycles. The van der Waals surface area contributed by atoms with Gasteiger partial charge in [0.25, 0.3) is 0 Å². The Balaban J connectivity index is 1.81. The molecule has 2 aromatic rings. The Morgan fingerprint density at radius 3 is 2.71 bits per heavy atom. The molecule has 2 aliphatic rings. The van der Waals surface area contributed by atoms with Crippen LogP contribution in [0.1, 0.15) is 29.5 Å². The van der Waals surface area contributed by atoms with Crippen molar-refractivity contribution in [3.8, 4) is 11.5 Å². The quantitative estimate of drug-likeness (QED) is 0.538. The third-order valence-electron chi connectivity index (χ3n) is 5.10. The van der Waals surface area contributed by atoms with Crippen LogP contribution in [0, 0.1) is 9.49 Å². The highest BCUT2D eigenvalue weighted by atomic mass is 127. The Hall–Kier alpha value is -1.69. The zero-order valence-corrected chi connectivity index (χ0v) is 15.9. The van der Waals surface area contributed by atoms with Crippen LogP contribution in [0.2, 0.25) is 0 Å². The molecule has 1 heterocycles. The molecule has 0 radical (unpaired) electrons. The van der Waals surface area contributed by atoms with Crippen molar-refractivity contribution in [2.75, 3.05) is 19.5 Å². The molecule has 3 nitrogen and oxygen atoms in total. The van der Waals surface area contributed by atoms with Gasteiger partial charge in [0.15, 0.2) is 0 Å². The van der Waals surface area contributed by atoms with Crippen molar-refractivity contribution >= 4 is 28.3 Å². The number of ether oxygens (including phenoxy) is 2. The summed E-state index contributed by atoms with van der Waals surface area (Å²) in [5, 5.41) is 3.76. The molecule has 1 aliphatic heterocycles. The normalized spacial score (nSPS) is 24.0. The standard InChI is InChI=1S/C20H20INO2/c1-23-13-7-9-19(24-2)17(11-13)20-15-5-3-4-14(15)16-10-12(21)6-8-18(16)22-20/h3-4,6-11,14-15,20,22H,5H2,1-2H3/t14-,15-,20+/m0/s1. The van der Waals surface area contributed by atoms with Crippen LogP contribution >= 0.6 is 22.6 Å². The number of hydrogen-bond donors (Lipinski definition) is 1. The molecule has 0 aromatic heterocycles. The van der Waals surface area contributed by atoms with E-state index in [4.69, 9.17) is 9.47 Å². The summed E-state index contributed by atoms with van der Waals surface area (Å²) in [5.41, 5.74) is 3.79. The van der Waals surface area contributed by atoms with Gasteiger partial charge in [-0.3, -0.25) is 0 Å². The molecule has 124 valence electrons. The predicted molar refractivity (Wildman–Crippen MR) is 105 cm³/mol. The molecule has 1 N–H and O–H groups in total. The lowest BCUT2D eigenvalue weighted by Gasteiger charge is -2.38. The van der Waals surface area contributed by atoms with Crippen LogP contribution in [-0.2, 0) is 0 Å². The molecule has 0 saturated carbocycles. The van der Waals surface area contributed by atoms with E-state index in [-0.39, 0.29) is 6.04 Å². The highest BCUT2D eigenvalue weighted by Crippen LogP contribution is 2.51. The van der Waals surface area contributed by atoms with Gasteiger partial charge in [-0.05, 0) is 76.9 Å². The lowest BCUT2D eigenvalue weighted by Crippen LogP contribution is -2.29. The molecule has 0 bridgehead atoms. The van der Waals surface area contributed by atoms with Gasteiger partial charge in [0.1, 0.15) is 11.5 Å². The van der Waals surface area contributed by atoms with Gasteiger partial charge in [-0.1, -0.05) is 12.2 Å². The monoisotopic (exact) mass is 433 g/mol. The smallest absolute Gasteiger partial charge is 0.124 e. The first-order valence-electron chi connectivity index (χ1n) is 8.16.